The van der Waals surface area contributed by atoms with Crippen molar-refractivity contribution in [3.63, 3.8) is 0 Å². The van der Waals surface area contributed by atoms with Gasteiger partial charge in [0, 0.05) is 51.2 Å². The van der Waals surface area contributed by atoms with Crippen LogP contribution < -0.4 is 21.5 Å². The number of nitrogens with zero attached hydrogens (tertiary/aromatic N) is 4. The predicted octanol–water partition coefficient (Wildman–Crippen LogP) is 2.51. The van der Waals surface area contributed by atoms with Crippen LogP contribution in [0.4, 0.5) is 35.2 Å². The van der Waals surface area contributed by atoms with Gasteiger partial charge < -0.3 is 30.8 Å². The smallest absolute Gasteiger partial charge is 0.383 e. The molecule has 1 saturated heterocycles. The van der Waals surface area contributed by atoms with Gasteiger partial charge in [-0.05, 0) is 25.0 Å². The lowest BCUT2D eigenvalue weighted by Crippen LogP contribution is -2.47. The van der Waals surface area contributed by atoms with Gasteiger partial charge in [0.25, 0.3) is 5.56 Å². The van der Waals surface area contributed by atoms with E-state index in [2.05, 4.69) is 15.2 Å². The first-order valence-corrected chi connectivity index (χ1v) is 9.84. The number of urea groups is 1. The van der Waals surface area contributed by atoms with E-state index in [1.54, 1.807) is 19.3 Å². The Morgan fingerprint density at radius 1 is 1.34 bits per heavy atom. The molecule has 1 fully saturated rings. The van der Waals surface area contributed by atoms with Crippen molar-refractivity contribution in [3.8, 4) is 0 Å². The van der Waals surface area contributed by atoms with Crippen LogP contribution in [0.25, 0.3) is 0 Å². The van der Waals surface area contributed by atoms with Crippen LogP contribution in [0.15, 0.2) is 29.3 Å². The number of amides is 2. The third-order valence-electron chi connectivity index (χ3n) is 5.54. The van der Waals surface area contributed by atoms with Crippen LogP contribution in [0.2, 0.25) is 0 Å². The van der Waals surface area contributed by atoms with Crippen LogP contribution in [-0.4, -0.2) is 52.9 Å². The molecule has 0 radical (unpaired) electrons. The molecule has 2 aromatic rings. The third kappa shape index (κ3) is 4.84. The van der Waals surface area contributed by atoms with E-state index in [1.807, 2.05) is 0 Å². The number of carbonyl (C=O) groups is 1. The average molecular weight is 451 g/mol. The molecule has 32 heavy (non-hydrogen) atoms. The second-order valence-electron chi connectivity index (χ2n) is 7.63. The van der Waals surface area contributed by atoms with Crippen molar-refractivity contribution >= 4 is 29.4 Å². The summed E-state index contributed by atoms with van der Waals surface area (Å²) in [6, 6.07) is 1.60. The number of halogens is 3. The Kier molecular flexibility index (Phi) is 6.42. The summed E-state index contributed by atoms with van der Waals surface area (Å²) >= 11 is 0. The number of aromatic nitrogens is 2. The molecule has 0 atom stereocenters. The van der Waals surface area contributed by atoms with E-state index >= 15 is 0 Å². The maximum Gasteiger partial charge on any atom is 0.417 e. The van der Waals surface area contributed by atoms with Gasteiger partial charge >= 0.3 is 12.2 Å². The largest absolute Gasteiger partial charge is 0.417 e. The van der Waals surface area contributed by atoms with Gasteiger partial charge in [0.1, 0.15) is 11.5 Å². The predicted molar refractivity (Wildman–Crippen MR) is 115 cm³/mol. The van der Waals surface area contributed by atoms with Gasteiger partial charge in [0.15, 0.2) is 0 Å². The van der Waals surface area contributed by atoms with E-state index in [0.29, 0.717) is 43.8 Å². The number of rotatable bonds is 4. The van der Waals surface area contributed by atoms with Crippen molar-refractivity contribution in [3.05, 3.63) is 46.0 Å². The first-order chi connectivity index (χ1) is 15.0. The topological polar surface area (TPSA) is 120 Å². The monoisotopic (exact) mass is 451 g/mol. The number of nitrogens with two attached hydrogens (primary N) is 1. The van der Waals surface area contributed by atoms with E-state index in [0.717, 1.165) is 16.5 Å². The Labute approximate surface area is 182 Å². The van der Waals surface area contributed by atoms with Gasteiger partial charge in [0.2, 0.25) is 0 Å². The molecule has 12 heteroatoms. The molecule has 3 rings (SSSR count). The number of anilines is 3. The molecule has 0 aromatic carbocycles. The number of hydrogen-bond acceptors (Lipinski definition) is 6. The van der Waals surface area contributed by atoms with Gasteiger partial charge in [-0.15, -0.1) is 0 Å². The lowest BCUT2D eigenvalue weighted by Gasteiger charge is -2.37. The maximum absolute atomic E-state index is 13.0. The highest BCUT2D eigenvalue weighted by Crippen LogP contribution is 2.30. The molecule has 1 aliphatic rings. The summed E-state index contributed by atoms with van der Waals surface area (Å²) in [5.74, 6) is 0.274. The minimum Gasteiger partial charge on any atom is -0.383 e. The summed E-state index contributed by atoms with van der Waals surface area (Å²) in [5, 5.41) is 9.71. The van der Waals surface area contributed by atoms with E-state index in [9.17, 15) is 22.8 Å². The molecule has 9 nitrogen and oxygen atoms in total. The summed E-state index contributed by atoms with van der Waals surface area (Å²) in [6.07, 6.45) is 0.0203. The number of pyridine rings is 2. The van der Waals surface area contributed by atoms with Crippen LogP contribution >= 0.6 is 0 Å². The molecule has 0 aliphatic carbocycles. The highest BCUT2D eigenvalue weighted by atomic mass is 19.4. The van der Waals surface area contributed by atoms with Gasteiger partial charge in [-0.2, -0.15) is 13.2 Å². The molecule has 4 N–H and O–H groups in total. The quantitative estimate of drug-likeness (QED) is 0.617. The number of alkyl halides is 3. The van der Waals surface area contributed by atoms with Gasteiger partial charge in [-0.3, -0.25) is 4.79 Å². The Morgan fingerprint density at radius 2 is 2.00 bits per heavy atom. The maximum atomic E-state index is 13.0. The van der Waals surface area contributed by atoms with Crippen molar-refractivity contribution in [1.29, 1.82) is 5.41 Å². The number of nitrogen functional groups attached to an aromatic ring is 1. The summed E-state index contributed by atoms with van der Waals surface area (Å²) in [7, 11) is 2.74. The normalized spacial score (nSPS) is 14.8. The van der Waals surface area contributed by atoms with E-state index in [-0.39, 0.29) is 11.9 Å². The van der Waals surface area contributed by atoms with Crippen LogP contribution in [0, 0.1) is 5.41 Å². The van der Waals surface area contributed by atoms with Crippen LogP contribution in [0.5, 0.6) is 0 Å². The lowest BCUT2D eigenvalue weighted by molar-refractivity contribution is -0.138. The Balaban J connectivity index is 1.66. The molecule has 3 heterocycles. The molecule has 172 valence electrons. The number of piperidine rings is 1. The average Bonchev–Trinajstić information content (AvgIpc) is 2.76. The molecule has 0 saturated carbocycles. The zero-order valence-corrected chi connectivity index (χ0v) is 17.6. The number of hydrogen-bond donors (Lipinski definition) is 3. The van der Waals surface area contributed by atoms with Crippen molar-refractivity contribution in [1.82, 2.24) is 14.5 Å². The van der Waals surface area contributed by atoms with Crippen molar-refractivity contribution in [2.75, 3.05) is 36.1 Å². The summed E-state index contributed by atoms with van der Waals surface area (Å²) in [4.78, 5) is 32.4. The molecule has 0 unspecified atom stereocenters. The van der Waals surface area contributed by atoms with Crippen molar-refractivity contribution < 1.29 is 18.0 Å². The lowest BCUT2D eigenvalue weighted by atomic mass is 10.0. The fourth-order valence-electron chi connectivity index (χ4n) is 3.61. The van der Waals surface area contributed by atoms with Crippen LogP contribution in [0.1, 0.15) is 24.0 Å². The fourth-order valence-corrected chi connectivity index (χ4v) is 3.61. The molecule has 1 aliphatic heterocycles. The first kappa shape index (κ1) is 23.1. The Hall–Kier alpha value is -3.57. The van der Waals surface area contributed by atoms with Gasteiger partial charge in [-0.25, -0.2) is 9.78 Å². The number of carbonyl (C=O) groups excluding carboxylic acids is 1. The summed E-state index contributed by atoms with van der Waals surface area (Å²) < 4.78 is 39.9. The van der Waals surface area contributed by atoms with E-state index in [4.69, 9.17) is 11.1 Å². The minimum atomic E-state index is -4.64. The number of nitrogens with one attached hydrogen (secondary N) is 2. The second-order valence-corrected chi connectivity index (χ2v) is 7.63. The highest BCUT2D eigenvalue weighted by molar-refractivity contribution is 5.89. The van der Waals surface area contributed by atoms with E-state index in [1.165, 1.54) is 11.9 Å². The summed E-state index contributed by atoms with van der Waals surface area (Å²) in [5.41, 5.74) is 4.88. The van der Waals surface area contributed by atoms with Crippen LogP contribution in [-0.2, 0) is 13.2 Å². The standard InChI is InChI=1S/C20H24F3N7O2/c1-28-11-13(20(21,22)23)8-16(18(28)31)27-19(32)29(2)14-3-5-30(6-4-14)15-7-12(9-24)17(25)26-10-15/h7-11,14,24H,3-6H2,1-2H3,(H2,25,26)(H,27,32). The SMILES string of the molecule is CN(C(=O)Nc1cc(C(F)(F)F)cn(C)c1=O)C1CCN(c2cnc(N)c(C=N)c2)CC1. The van der Waals surface area contributed by atoms with Crippen LogP contribution in [0.3, 0.4) is 0 Å². The third-order valence-corrected chi connectivity index (χ3v) is 5.54. The number of aryl methyl sites for hydroxylation is 1. The van der Waals surface area contributed by atoms with Gasteiger partial charge in [-0.1, -0.05) is 0 Å². The second kappa shape index (κ2) is 8.89. The minimum absolute atomic E-state index is 0.162. The van der Waals surface area contributed by atoms with Gasteiger partial charge in [0.05, 0.1) is 17.4 Å². The van der Waals surface area contributed by atoms with Crippen molar-refractivity contribution in [2.24, 2.45) is 7.05 Å². The Bertz CT molecular complexity index is 1080. The zero-order valence-electron chi connectivity index (χ0n) is 17.6. The molecule has 0 spiro atoms. The highest BCUT2D eigenvalue weighted by Gasteiger charge is 2.32. The first-order valence-electron chi connectivity index (χ1n) is 9.84. The van der Waals surface area contributed by atoms with E-state index < -0.39 is 29.0 Å². The summed E-state index contributed by atoms with van der Waals surface area (Å²) in [6.45, 7) is 1.22. The molecule has 2 amide bonds. The molecule has 0 bridgehead atoms. The zero-order chi connectivity index (χ0) is 23.6. The molecular formula is C20H24F3N7O2. The fraction of sp³-hybridized carbons (Fsp3) is 0.400. The molecule has 2 aromatic heterocycles. The van der Waals surface area contributed by atoms with Crippen molar-refractivity contribution in [2.45, 2.75) is 25.1 Å². The molecular weight excluding hydrogens is 427 g/mol. The Morgan fingerprint density at radius 3 is 2.59 bits per heavy atom.